The lowest BCUT2D eigenvalue weighted by Gasteiger charge is -2.32. The largest absolute Gasteiger partial charge is 0.497 e. The molecule has 3 aromatic rings. The number of benzene rings is 3. The smallest absolute Gasteiger partial charge is 0.279 e. The van der Waals surface area contributed by atoms with E-state index in [9.17, 15) is 14.7 Å². The number of methoxy groups -OCH3 is 1. The van der Waals surface area contributed by atoms with Crippen molar-refractivity contribution in [3.8, 4) is 5.75 Å². The third-order valence-electron chi connectivity index (χ3n) is 5.20. The minimum Gasteiger partial charge on any atom is -0.497 e. The van der Waals surface area contributed by atoms with E-state index in [4.69, 9.17) is 4.74 Å². The summed E-state index contributed by atoms with van der Waals surface area (Å²) >= 11 is 1.41. The average molecular weight is 435 g/mol. The van der Waals surface area contributed by atoms with Gasteiger partial charge in [-0.2, -0.15) is 0 Å². The first-order chi connectivity index (χ1) is 15.0. The van der Waals surface area contributed by atoms with Crippen LogP contribution in [0.2, 0.25) is 0 Å². The van der Waals surface area contributed by atoms with E-state index < -0.39 is 16.9 Å². The molecule has 0 spiro atoms. The van der Waals surface area contributed by atoms with Crippen LogP contribution in [0.15, 0.2) is 84.9 Å². The van der Waals surface area contributed by atoms with Crippen LogP contribution in [-0.4, -0.2) is 34.8 Å². The van der Waals surface area contributed by atoms with E-state index in [0.29, 0.717) is 16.9 Å². The number of rotatable bonds is 6. The van der Waals surface area contributed by atoms with Gasteiger partial charge in [0.25, 0.3) is 11.8 Å². The Morgan fingerprint density at radius 3 is 2.06 bits per heavy atom. The lowest BCUT2D eigenvalue weighted by Crippen LogP contribution is -2.53. The summed E-state index contributed by atoms with van der Waals surface area (Å²) in [5, 5.41) is 12.5. The van der Waals surface area contributed by atoms with E-state index in [1.54, 1.807) is 55.6 Å². The zero-order valence-corrected chi connectivity index (χ0v) is 17.7. The van der Waals surface area contributed by atoms with Gasteiger partial charge in [-0.15, -0.1) is 11.8 Å². The highest BCUT2D eigenvalue weighted by Crippen LogP contribution is 2.39. The monoisotopic (exact) mass is 434 g/mol. The van der Waals surface area contributed by atoms with Gasteiger partial charge in [-0.05, 0) is 28.8 Å². The number of thioether (sulfide) groups is 1. The Kier molecular flexibility index (Phi) is 5.97. The van der Waals surface area contributed by atoms with Crippen molar-refractivity contribution in [2.75, 3.05) is 12.9 Å². The summed E-state index contributed by atoms with van der Waals surface area (Å²) in [7, 11) is 1.59. The summed E-state index contributed by atoms with van der Waals surface area (Å²) in [5.41, 5.74) is 2.41. The Morgan fingerprint density at radius 1 is 1.00 bits per heavy atom. The van der Waals surface area contributed by atoms with Crippen LogP contribution in [0.1, 0.15) is 22.1 Å². The molecule has 0 aliphatic carbocycles. The minimum atomic E-state index is -1.96. The molecule has 3 aromatic carbocycles. The first kappa shape index (κ1) is 21.0. The molecule has 0 bridgehead atoms. The van der Waals surface area contributed by atoms with Crippen molar-refractivity contribution in [3.05, 3.63) is 102 Å². The van der Waals surface area contributed by atoms with Crippen LogP contribution < -0.4 is 10.2 Å². The fourth-order valence-electron chi connectivity index (χ4n) is 3.54. The molecule has 7 heteroatoms. The number of nitrogens with zero attached hydrogens (tertiary/aromatic N) is 1. The molecular weight excluding hydrogens is 412 g/mol. The number of carbonyl (C=O) groups excluding carboxylic acids is 2. The normalized spacial score (nSPS) is 16.3. The Bertz CT molecular complexity index is 1020. The summed E-state index contributed by atoms with van der Waals surface area (Å²) in [4.78, 5) is 26.1. The number of hydrogen-bond donors (Lipinski definition) is 2. The third-order valence-corrected chi connectivity index (χ3v) is 6.41. The van der Waals surface area contributed by atoms with Crippen LogP contribution >= 0.6 is 11.8 Å². The van der Waals surface area contributed by atoms with E-state index >= 15 is 0 Å². The molecule has 2 amide bonds. The SMILES string of the molecule is COc1ccc(C2SCC(=O)N2NC(=O)C(O)(c2ccccc2)c2ccccc2)cc1. The number of aliphatic hydroxyl groups is 1. The molecular formula is C24H22N2O4S. The molecule has 1 atom stereocenters. The quantitative estimate of drug-likeness (QED) is 0.623. The molecule has 1 unspecified atom stereocenters. The summed E-state index contributed by atoms with van der Waals surface area (Å²) in [6.07, 6.45) is 0. The molecule has 0 aromatic heterocycles. The zero-order chi connectivity index (χ0) is 21.8. The van der Waals surface area contributed by atoms with Gasteiger partial charge in [0.1, 0.15) is 11.1 Å². The Hall–Kier alpha value is -3.29. The Labute approximate surface area is 184 Å². The fourth-order valence-corrected chi connectivity index (χ4v) is 4.65. The van der Waals surface area contributed by atoms with Gasteiger partial charge in [-0.1, -0.05) is 72.8 Å². The van der Waals surface area contributed by atoms with Crippen LogP contribution in [0.5, 0.6) is 5.75 Å². The van der Waals surface area contributed by atoms with Gasteiger partial charge in [0.2, 0.25) is 0 Å². The number of carbonyl (C=O) groups is 2. The maximum atomic E-state index is 13.5. The van der Waals surface area contributed by atoms with Gasteiger partial charge < -0.3 is 9.84 Å². The standard InChI is InChI=1S/C24H22N2O4S/c1-30-20-14-12-17(13-15-20)22-26(21(27)16-31-22)25-23(28)24(29,18-8-4-2-5-9-18)19-10-6-3-7-11-19/h2-15,22,29H,16H2,1H3,(H,25,28). The fraction of sp³-hybridized carbons (Fsp3) is 0.167. The lowest BCUT2D eigenvalue weighted by atomic mass is 9.85. The highest BCUT2D eigenvalue weighted by Gasteiger charge is 2.43. The molecule has 158 valence electrons. The van der Waals surface area contributed by atoms with E-state index in [2.05, 4.69) is 5.43 Å². The van der Waals surface area contributed by atoms with Crippen molar-refractivity contribution in [1.29, 1.82) is 0 Å². The molecule has 4 rings (SSSR count). The molecule has 0 saturated carbocycles. The van der Waals surface area contributed by atoms with E-state index in [0.717, 1.165) is 5.56 Å². The summed E-state index contributed by atoms with van der Waals surface area (Å²) in [5.74, 6) is 0.00426. The second kappa shape index (κ2) is 8.83. The lowest BCUT2D eigenvalue weighted by molar-refractivity contribution is -0.148. The number of amides is 2. The third kappa shape index (κ3) is 4.02. The van der Waals surface area contributed by atoms with E-state index in [1.165, 1.54) is 16.8 Å². The van der Waals surface area contributed by atoms with Crippen molar-refractivity contribution in [1.82, 2.24) is 10.4 Å². The highest BCUT2D eigenvalue weighted by atomic mass is 32.2. The summed E-state index contributed by atoms with van der Waals surface area (Å²) < 4.78 is 5.20. The van der Waals surface area contributed by atoms with Gasteiger partial charge in [0.05, 0.1) is 12.9 Å². The molecule has 6 nitrogen and oxygen atoms in total. The van der Waals surface area contributed by atoms with Crippen molar-refractivity contribution in [3.63, 3.8) is 0 Å². The van der Waals surface area contributed by atoms with Gasteiger partial charge in [0.15, 0.2) is 5.60 Å². The molecule has 1 heterocycles. The maximum Gasteiger partial charge on any atom is 0.279 e. The topological polar surface area (TPSA) is 78.9 Å². The number of ether oxygens (including phenoxy) is 1. The number of nitrogens with one attached hydrogen (secondary N) is 1. The zero-order valence-electron chi connectivity index (χ0n) is 16.9. The molecule has 1 aliphatic rings. The summed E-state index contributed by atoms with van der Waals surface area (Å²) in [6, 6.07) is 24.7. The first-order valence-corrected chi connectivity index (χ1v) is 10.8. The predicted octanol–water partition coefficient (Wildman–Crippen LogP) is 3.24. The molecule has 2 N–H and O–H groups in total. The van der Waals surface area contributed by atoms with Crippen LogP contribution in [-0.2, 0) is 15.2 Å². The minimum absolute atomic E-state index is 0.228. The first-order valence-electron chi connectivity index (χ1n) is 9.76. The summed E-state index contributed by atoms with van der Waals surface area (Å²) in [6.45, 7) is 0. The second-order valence-electron chi connectivity index (χ2n) is 7.08. The second-order valence-corrected chi connectivity index (χ2v) is 8.15. The van der Waals surface area contributed by atoms with Crippen molar-refractivity contribution < 1.29 is 19.4 Å². The average Bonchev–Trinajstić information content (AvgIpc) is 3.19. The van der Waals surface area contributed by atoms with Crippen molar-refractivity contribution in [2.45, 2.75) is 11.0 Å². The molecule has 1 fully saturated rings. The Balaban J connectivity index is 1.66. The number of hydrazine groups is 1. The van der Waals surface area contributed by atoms with Crippen LogP contribution in [0.4, 0.5) is 0 Å². The van der Waals surface area contributed by atoms with Gasteiger partial charge in [-0.25, -0.2) is 5.01 Å². The van der Waals surface area contributed by atoms with E-state index in [-0.39, 0.29) is 11.7 Å². The predicted molar refractivity (Wildman–Crippen MR) is 119 cm³/mol. The Morgan fingerprint density at radius 2 is 1.55 bits per heavy atom. The van der Waals surface area contributed by atoms with Crippen LogP contribution in [0.25, 0.3) is 0 Å². The van der Waals surface area contributed by atoms with Crippen molar-refractivity contribution in [2.24, 2.45) is 0 Å². The molecule has 0 radical (unpaired) electrons. The molecule has 1 saturated heterocycles. The maximum absolute atomic E-state index is 13.5. The van der Waals surface area contributed by atoms with E-state index in [1.807, 2.05) is 36.4 Å². The van der Waals surface area contributed by atoms with Crippen LogP contribution in [0.3, 0.4) is 0 Å². The van der Waals surface area contributed by atoms with Crippen LogP contribution in [0, 0.1) is 0 Å². The van der Waals surface area contributed by atoms with Gasteiger partial charge in [0, 0.05) is 0 Å². The van der Waals surface area contributed by atoms with Gasteiger partial charge >= 0.3 is 0 Å². The number of hydrogen-bond acceptors (Lipinski definition) is 5. The highest BCUT2D eigenvalue weighted by molar-refractivity contribution is 8.00. The van der Waals surface area contributed by atoms with Gasteiger partial charge in [-0.3, -0.25) is 15.0 Å². The molecule has 1 aliphatic heterocycles. The van der Waals surface area contributed by atoms with Crippen molar-refractivity contribution >= 4 is 23.6 Å². The molecule has 31 heavy (non-hydrogen) atoms.